The molecule has 7 nitrogen and oxygen atoms in total. The van der Waals surface area contributed by atoms with E-state index in [1.165, 1.54) is 16.9 Å². The van der Waals surface area contributed by atoms with Crippen LogP contribution in [0.2, 0.25) is 5.02 Å². The quantitative estimate of drug-likeness (QED) is 0.499. The number of rotatable bonds is 6. The van der Waals surface area contributed by atoms with Crippen molar-refractivity contribution in [3.63, 3.8) is 0 Å². The number of ether oxygens (including phenoxy) is 2. The van der Waals surface area contributed by atoms with E-state index in [-0.39, 0.29) is 12.4 Å². The Morgan fingerprint density at radius 2 is 1.87 bits per heavy atom. The van der Waals surface area contributed by atoms with E-state index in [1.807, 2.05) is 0 Å². The predicted octanol–water partition coefficient (Wildman–Crippen LogP) is 4.24. The SMILES string of the molecule is COc1ccc(-n2nc3ccc(NC(=O)COc4ccccc4F)cc3n2)cc1Cl. The molecule has 1 N–H and O–H groups in total. The Morgan fingerprint density at radius 1 is 1.07 bits per heavy atom. The number of carbonyl (C=O) groups is 1. The van der Waals surface area contributed by atoms with Gasteiger partial charge in [0, 0.05) is 5.69 Å². The summed E-state index contributed by atoms with van der Waals surface area (Å²) in [5.41, 5.74) is 2.41. The lowest BCUT2D eigenvalue weighted by Gasteiger charge is -2.08. The first-order valence-corrected chi connectivity index (χ1v) is 9.29. The van der Waals surface area contributed by atoms with Crippen molar-refractivity contribution in [2.75, 3.05) is 19.0 Å². The second kappa shape index (κ2) is 8.38. The summed E-state index contributed by atoms with van der Waals surface area (Å²) in [6, 6.07) is 16.2. The van der Waals surface area contributed by atoms with Crippen molar-refractivity contribution in [3.8, 4) is 17.2 Å². The maximum Gasteiger partial charge on any atom is 0.262 e. The average molecular weight is 427 g/mol. The molecule has 4 rings (SSSR count). The second-order valence-corrected chi connectivity index (χ2v) is 6.69. The van der Waals surface area contributed by atoms with Crippen LogP contribution in [-0.2, 0) is 4.79 Å². The third kappa shape index (κ3) is 4.18. The zero-order chi connectivity index (χ0) is 21.1. The summed E-state index contributed by atoms with van der Waals surface area (Å²) in [5, 5.41) is 12.0. The Bertz CT molecular complexity index is 1230. The van der Waals surface area contributed by atoms with Crippen LogP contribution in [0.25, 0.3) is 16.7 Å². The first-order valence-electron chi connectivity index (χ1n) is 8.92. The maximum absolute atomic E-state index is 13.6. The fourth-order valence-electron chi connectivity index (χ4n) is 2.79. The molecule has 0 aliphatic heterocycles. The molecule has 0 atom stereocenters. The van der Waals surface area contributed by atoms with Gasteiger partial charge in [0.15, 0.2) is 18.2 Å². The lowest BCUT2D eigenvalue weighted by Crippen LogP contribution is -2.20. The number of fused-ring (bicyclic) bond motifs is 1. The molecule has 0 radical (unpaired) electrons. The van der Waals surface area contributed by atoms with Crippen molar-refractivity contribution in [3.05, 3.63) is 71.5 Å². The zero-order valence-electron chi connectivity index (χ0n) is 15.8. The third-order valence-corrected chi connectivity index (χ3v) is 4.52. The van der Waals surface area contributed by atoms with Gasteiger partial charge in [0.05, 0.1) is 17.8 Å². The summed E-state index contributed by atoms with van der Waals surface area (Å²) in [7, 11) is 1.54. The number of para-hydroxylation sites is 1. The normalized spacial score (nSPS) is 10.8. The topological polar surface area (TPSA) is 78.3 Å². The van der Waals surface area contributed by atoms with E-state index in [2.05, 4.69) is 15.5 Å². The molecule has 0 unspecified atom stereocenters. The summed E-state index contributed by atoms with van der Waals surface area (Å²) in [6.07, 6.45) is 0. The Hall–Kier alpha value is -3.65. The van der Waals surface area contributed by atoms with Crippen LogP contribution in [-0.4, -0.2) is 34.6 Å². The minimum absolute atomic E-state index is 0.0178. The number of nitrogens with one attached hydrogen (secondary N) is 1. The van der Waals surface area contributed by atoms with Gasteiger partial charge in [-0.3, -0.25) is 4.79 Å². The van der Waals surface area contributed by atoms with Gasteiger partial charge in [-0.05, 0) is 48.5 Å². The molecule has 0 aliphatic carbocycles. The molecule has 1 amide bonds. The number of methoxy groups -OCH3 is 1. The van der Waals surface area contributed by atoms with Crippen molar-refractivity contribution < 1.29 is 18.7 Å². The number of nitrogens with zero attached hydrogens (tertiary/aromatic N) is 3. The second-order valence-electron chi connectivity index (χ2n) is 6.28. The zero-order valence-corrected chi connectivity index (χ0v) is 16.6. The monoisotopic (exact) mass is 426 g/mol. The number of amides is 1. The van der Waals surface area contributed by atoms with E-state index < -0.39 is 11.7 Å². The predicted molar refractivity (Wildman–Crippen MR) is 111 cm³/mol. The summed E-state index contributed by atoms with van der Waals surface area (Å²) in [6.45, 7) is -0.323. The summed E-state index contributed by atoms with van der Waals surface area (Å²) in [5.74, 6) is -0.377. The molecular weight excluding hydrogens is 411 g/mol. The van der Waals surface area contributed by atoms with Crippen LogP contribution in [0.1, 0.15) is 0 Å². The molecule has 1 aromatic heterocycles. The van der Waals surface area contributed by atoms with Crippen LogP contribution in [0.15, 0.2) is 60.7 Å². The average Bonchev–Trinajstić information content (AvgIpc) is 3.16. The largest absolute Gasteiger partial charge is 0.495 e. The minimum atomic E-state index is -0.526. The molecule has 9 heteroatoms. The van der Waals surface area contributed by atoms with E-state index in [1.54, 1.807) is 55.6 Å². The fourth-order valence-corrected chi connectivity index (χ4v) is 3.04. The van der Waals surface area contributed by atoms with E-state index in [4.69, 9.17) is 21.1 Å². The standard InChI is InChI=1S/C21H16ClFN4O3/c1-29-19-9-7-14(11-15(19)22)27-25-17-8-6-13(10-18(17)26-27)24-21(28)12-30-20-5-3-2-4-16(20)23/h2-11H,12H2,1H3,(H,24,28). The highest BCUT2D eigenvalue weighted by Gasteiger charge is 2.11. The van der Waals surface area contributed by atoms with Crippen LogP contribution in [0, 0.1) is 5.82 Å². The molecule has 0 aliphatic rings. The Labute approximate surface area is 176 Å². The van der Waals surface area contributed by atoms with Gasteiger partial charge in [0.25, 0.3) is 5.91 Å². The van der Waals surface area contributed by atoms with Gasteiger partial charge >= 0.3 is 0 Å². The molecular formula is C21H16ClFN4O3. The van der Waals surface area contributed by atoms with E-state index in [0.29, 0.717) is 33.2 Å². The number of carbonyl (C=O) groups excluding carboxylic acids is 1. The molecule has 4 aromatic rings. The smallest absolute Gasteiger partial charge is 0.262 e. The first-order chi connectivity index (χ1) is 14.5. The van der Waals surface area contributed by atoms with Crippen LogP contribution < -0.4 is 14.8 Å². The van der Waals surface area contributed by atoms with Crippen molar-refractivity contribution >= 4 is 34.2 Å². The van der Waals surface area contributed by atoms with Gasteiger partial charge in [0.1, 0.15) is 16.8 Å². The van der Waals surface area contributed by atoms with Gasteiger partial charge in [-0.2, -0.15) is 4.80 Å². The molecule has 152 valence electrons. The van der Waals surface area contributed by atoms with Crippen LogP contribution in [0.3, 0.4) is 0 Å². The summed E-state index contributed by atoms with van der Waals surface area (Å²) in [4.78, 5) is 13.6. The molecule has 0 saturated carbocycles. The van der Waals surface area contributed by atoms with Crippen molar-refractivity contribution in [2.45, 2.75) is 0 Å². The highest BCUT2D eigenvalue weighted by atomic mass is 35.5. The number of hydrogen-bond acceptors (Lipinski definition) is 5. The number of hydrogen-bond donors (Lipinski definition) is 1. The van der Waals surface area contributed by atoms with Gasteiger partial charge in [-0.25, -0.2) is 4.39 Å². The third-order valence-electron chi connectivity index (χ3n) is 4.23. The van der Waals surface area contributed by atoms with E-state index >= 15 is 0 Å². The Kier molecular flexibility index (Phi) is 5.49. The van der Waals surface area contributed by atoms with Crippen molar-refractivity contribution in [1.82, 2.24) is 15.0 Å². The number of aromatic nitrogens is 3. The fraction of sp³-hybridized carbons (Fsp3) is 0.0952. The number of benzene rings is 3. The van der Waals surface area contributed by atoms with Crippen LogP contribution in [0.4, 0.5) is 10.1 Å². The van der Waals surface area contributed by atoms with E-state index in [0.717, 1.165) is 0 Å². The van der Waals surface area contributed by atoms with Crippen LogP contribution in [0.5, 0.6) is 11.5 Å². The lowest BCUT2D eigenvalue weighted by atomic mass is 10.3. The summed E-state index contributed by atoms with van der Waals surface area (Å²) >= 11 is 6.17. The molecule has 30 heavy (non-hydrogen) atoms. The van der Waals surface area contributed by atoms with Gasteiger partial charge in [-0.1, -0.05) is 23.7 Å². The van der Waals surface area contributed by atoms with E-state index in [9.17, 15) is 9.18 Å². The highest BCUT2D eigenvalue weighted by Crippen LogP contribution is 2.27. The number of halogens is 2. The van der Waals surface area contributed by atoms with Crippen molar-refractivity contribution in [1.29, 1.82) is 0 Å². The van der Waals surface area contributed by atoms with Crippen LogP contribution >= 0.6 is 11.6 Å². The molecule has 0 saturated heterocycles. The van der Waals surface area contributed by atoms with Gasteiger partial charge in [0.2, 0.25) is 0 Å². The Morgan fingerprint density at radius 3 is 2.63 bits per heavy atom. The maximum atomic E-state index is 13.6. The molecule has 0 bridgehead atoms. The first kappa shape index (κ1) is 19.7. The molecule has 0 fully saturated rings. The summed E-state index contributed by atoms with van der Waals surface area (Å²) < 4.78 is 23.9. The molecule has 0 spiro atoms. The Balaban J connectivity index is 1.47. The molecule has 3 aromatic carbocycles. The van der Waals surface area contributed by atoms with Crippen molar-refractivity contribution in [2.24, 2.45) is 0 Å². The van der Waals surface area contributed by atoms with Gasteiger partial charge in [-0.15, -0.1) is 10.2 Å². The lowest BCUT2D eigenvalue weighted by molar-refractivity contribution is -0.118. The minimum Gasteiger partial charge on any atom is -0.495 e. The number of anilines is 1. The highest BCUT2D eigenvalue weighted by molar-refractivity contribution is 6.32. The van der Waals surface area contributed by atoms with Gasteiger partial charge < -0.3 is 14.8 Å². The molecule has 1 heterocycles.